The average molecular weight is 337 g/mol. The number of urea groups is 1. The van der Waals surface area contributed by atoms with Crippen molar-refractivity contribution >= 4 is 23.6 Å². The number of methoxy groups -OCH3 is 1. The maximum Gasteiger partial charge on any atom is 0.337 e. The summed E-state index contributed by atoms with van der Waals surface area (Å²) < 4.78 is 4.92. The molecule has 0 aliphatic carbocycles. The van der Waals surface area contributed by atoms with Gasteiger partial charge >= 0.3 is 12.0 Å². The van der Waals surface area contributed by atoms with E-state index in [1.807, 2.05) is 19.9 Å². The van der Waals surface area contributed by atoms with E-state index >= 15 is 0 Å². The number of ether oxygens (including phenoxy) is 1. The first-order valence-corrected chi connectivity index (χ1v) is 7.86. The summed E-state index contributed by atoms with van der Waals surface area (Å²) in [4.78, 5) is 26.4. The van der Waals surface area contributed by atoms with Crippen LogP contribution in [0.15, 0.2) is 35.5 Å². The van der Waals surface area contributed by atoms with Gasteiger partial charge in [-0.3, -0.25) is 4.90 Å². The van der Waals surface area contributed by atoms with E-state index in [2.05, 4.69) is 5.32 Å². The van der Waals surface area contributed by atoms with E-state index in [4.69, 9.17) is 16.3 Å². The molecule has 23 heavy (non-hydrogen) atoms. The fraction of sp³-hybridized carbons (Fsp3) is 0.412. The van der Waals surface area contributed by atoms with Gasteiger partial charge in [0.05, 0.1) is 18.7 Å². The second-order valence-electron chi connectivity index (χ2n) is 5.90. The molecule has 1 aliphatic heterocycles. The summed E-state index contributed by atoms with van der Waals surface area (Å²) in [5, 5.41) is 3.36. The Bertz CT molecular complexity index is 655. The number of allylic oxidation sites excluding steroid dienone is 1. The highest BCUT2D eigenvalue weighted by Crippen LogP contribution is 2.34. The Morgan fingerprint density at radius 1 is 1.39 bits per heavy atom. The van der Waals surface area contributed by atoms with Crippen LogP contribution in [0, 0.1) is 5.92 Å². The Balaban J connectivity index is 2.55. The SMILES string of the molecule is COC(=O)C1=C(C)N(CC(C)C)C(=O)NC1c1ccccc1Cl. The number of carbonyl (C=O) groups is 2. The lowest BCUT2D eigenvalue weighted by Crippen LogP contribution is -2.49. The molecule has 0 fully saturated rings. The van der Waals surface area contributed by atoms with E-state index in [-0.39, 0.29) is 11.9 Å². The van der Waals surface area contributed by atoms with Gasteiger partial charge in [0, 0.05) is 17.3 Å². The predicted molar refractivity (Wildman–Crippen MR) is 89.0 cm³/mol. The number of amides is 2. The first-order chi connectivity index (χ1) is 10.9. The third kappa shape index (κ3) is 3.50. The fourth-order valence-corrected chi connectivity index (χ4v) is 2.93. The summed E-state index contributed by atoms with van der Waals surface area (Å²) in [6.07, 6.45) is 0. The van der Waals surface area contributed by atoms with Gasteiger partial charge in [0.25, 0.3) is 0 Å². The van der Waals surface area contributed by atoms with Crippen molar-refractivity contribution in [2.24, 2.45) is 5.92 Å². The van der Waals surface area contributed by atoms with Crippen LogP contribution < -0.4 is 5.32 Å². The standard InChI is InChI=1S/C17H21ClN2O3/c1-10(2)9-20-11(3)14(16(21)23-4)15(19-17(20)22)12-7-5-6-8-13(12)18/h5-8,10,15H,9H2,1-4H3,(H,19,22). The van der Waals surface area contributed by atoms with E-state index in [0.717, 1.165) is 0 Å². The third-order valence-electron chi connectivity index (χ3n) is 3.77. The summed E-state index contributed by atoms with van der Waals surface area (Å²) in [6.45, 7) is 6.31. The molecule has 0 bridgehead atoms. The zero-order chi connectivity index (χ0) is 17.1. The predicted octanol–water partition coefficient (Wildman–Crippen LogP) is 3.51. The van der Waals surface area contributed by atoms with Crippen LogP contribution in [0.4, 0.5) is 4.79 Å². The van der Waals surface area contributed by atoms with Crippen molar-refractivity contribution in [3.8, 4) is 0 Å². The molecule has 0 aromatic heterocycles. The number of halogens is 1. The molecule has 1 N–H and O–H groups in total. The van der Waals surface area contributed by atoms with Crippen molar-refractivity contribution in [2.45, 2.75) is 26.8 Å². The molecule has 5 nitrogen and oxygen atoms in total. The first-order valence-electron chi connectivity index (χ1n) is 7.48. The van der Waals surface area contributed by atoms with E-state index in [1.165, 1.54) is 7.11 Å². The Kier molecular flexibility index (Phi) is 5.31. The van der Waals surface area contributed by atoms with Crippen LogP contribution in [0.25, 0.3) is 0 Å². The fourth-order valence-electron chi connectivity index (χ4n) is 2.68. The Hall–Kier alpha value is -2.01. The topological polar surface area (TPSA) is 58.6 Å². The second-order valence-corrected chi connectivity index (χ2v) is 6.31. The molecule has 1 unspecified atom stereocenters. The molecule has 6 heteroatoms. The van der Waals surface area contributed by atoms with Crippen molar-refractivity contribution in [1.29, 1.82) is 0 Å². The second kappa shape index (κ2) is 7.04. The Morgan fingerprint density at radius 3 is 2.61 bits per heavy atom. The van der Waals surface area contributed by atoms with Gasteiger partial charge in [-0.2, -0.15) is 0 Å². The van der Waals surface area contributed by atoms with E-state index in [1.54, 1.807) is 30.0 Å². The van der Waals surface area contributed by atoms with Gasteiger partial charge in [0.1, 0.15) is 0 Å². The molecule has 0 saturated heterocycles. The summed E-state index contributed by atoms with van der Waals surface area (Å²) in [7, 11) is 1.33. The van der Waals surface area contributed by atoms with Gasteiger partial charge < -0.3 is 10.1 Å². The molecule has 1 atom stereocenters. The minimum Gasteiger partial charge on any atom is -0.466 e. The minimum atomic E-state index is -0.618. The number of rotatable bonds is 4. The molecule has 2 amide bonds. The smallest absolute Gasteiger partial charge is 0.337 e. The van der Waals surface area contributed by atoms with Crippen LogP contribution in [0.2, 0.25) is 5.02 Å². The molecule has 1 aromatic rings. The minimum absolute atomic E-state index is 0.242. The zero-order valence-corrected chi connectivity index (χ0v) is 14.5. The van der Waals surface area contributed by atoms with Crippen molar-refractivity contribution in [2.75, 3.05) is 13.7 Å². The molecule has 124 valence electrons. The third-order valence-corrected chi connectivity index (χ3v) is 4.11. The van der Waals surface area contributed by atoms with Gasteiger partial charge in [0.15, 0.2) is 0 Å². The van der Waals surface area contributed by atoms with E-state index < -0.39 is 12.0 Å². The first kappa shape index (κ1) is 17.3. The highest BCUT2D eigenvalue weighted by atomic mass is 35.5. The molecule has 1 aliphatic rings. The molecule has 0 radical (unpaired) electrons. The Labute approximate surface area is 141 Å². The van der Waals surface area contributed by atoms with Gasteiger partial charge in [-0.25, -0.2) is 9.59 Å². The Morgan fingerprint density at radius 2 is 2.04 bits per heavy atom. The van der Waals surface area contributed by atoms with Crippen LogP contribution in [0.1, 0.15) is 32.4 Å². The molecular weight excluding hydrogens is 316 g/mol. The lowest BCUT2D eigenvalue weighted by atomic mass is 9.94. The van der Waals surface area contributed by atoms with Gasteiger partial charge in [-0.15, -0.1) is 0 Å². The summed E-state index contributed by atoms with van der Waals surface area (Å²) in [6, 6.07) is 6.28. The number of nitrogens with one attached hydrogen (secondary N) is 1. The lowest BCUT2D eigenvalue weighted by Gasteiger charge is -2.36. The molecule has 0 saturated carbocycles. The highest BCUT2D eigenvalue weighted by molar-refractivity contribution is 6.31. The maximum absolute atomic E-state index is 12.5. The van der Waals surface area contributed by atoms with Crippen LogP contribution in [0.3, 0.4) is 0 Å². The molecule has 0 spiro atoms. The van der Waals surface area contributed by atoms with Crippen LogP contribution in [-0.4, -0.2) is 30.6 Å². The average Bonchev–Trinajstić information content (AvgIpc) is 2.50. The molecule has 1 heterocycles. The normalized spacial score (nSPS) is 18.3. The number of benzene rings is 1. The van der Waals surface area contributed by atoms with Gasteiger partial charge in [-0.1, -0.05) is 43.6 Å². The number of hydrogen-bond acceptors (Lipinski definition) is 3. The van der Waals surface area contributed by atoms with Crippen LogP contribution in [0.5, 0.6) is 0 Å². The van der Waals surface area contributed by atoms with E-state index in [0.29, 0.717) is 28.4 Å². The van der Waals surface area contributed by atoms with Crippen molar-refractivity contribution in [1.82, 2.24) is 10.2 Å². The zero-order valence-electron chi connectivity index (χ0n) is 13.7. The van der Waals surface area contributed by atoms with Gasteiger partial charge in [0.2, 0.25) is 0 Å². The monoisotopic (exact) mass is 336 g/mol. The molecular formula is C17H21ClN2O3. The van der Waals surface area contributed by atoms with Crippen molar-refractivity contribution in [3.63, 3.8) is 0 Å². The summed E-state index contributed by atoms with van der Waals surface area (Å²) >= 11 is 6.25. The maximum atomic E-state index is 12.5. The number of esters is 1. The van der Waals surface area contributed by atoms with Crippen LogP contribution >= 0.6 is 11.6 Å². The van der Waals surface area contributed by atoms with Crippen molar-refractivity contribution < 1.29 is 14.3 Å². The number of nitrogens with zero attached hydrogens (tertiary/aromatic N) is 1. The molecule has 1 aromatic carbocycles. The quantitative estimate of drug-likeness (QED) is 0.856. The summed E-state index contributed by atoms with van der Waals surface area (Å²) in [5.41, 5.74) is 1.67. The lowest BCUT2D eigenvalue weighted by molar-refractivity contribution is -0.136. The number of hydrogen-bond donors (Lipinski definition) is 1. The summed E-state index contributed by atoms with van der Waals surface area (Å²) in [5.74, 6) is -0.201. The van der Waals surface area contributed by atoms with E-state index in [9.17, 15) is 9.59 Å². The number of carbonyl (C=O) groups excluding carboxylic acids is 2. The largest absolute Gasteiger partial charge is 0.466 e. The molecule has 2 rings (SSSR count). The van der Waals surface area contributed by atoms with Crippen molar-refractivity contribution in [3.05, 3.63) is 46.1 Å². The van der Waals surface area contributed by atoms with Crippen LogP contribution in [-0.2, 0) is 9.53 Å². The van der Waals surface area contributed by atoms with Gasteiger partial charge in [-0.05, 0) is 24.5 Å². The highest BCUT2D eigenvalue weighted by Gasteiger charge is 2.37.